The lowest BCUT2D eigenvalue weighted by Crippen LogP contribution is -2.01. The molecule has 64 heavy (non-hydrogen) atoms. The molecule has 0 aliphatic heterocycles. The van der Waals surface area contributed by atoms with Crippen LogP contribution in [0.15, 0.2) is 219 Å². The smallest absolute Gasteiger partial charge is 0.164 e. The zero-order chi connectivity index (χ0) is 42.1. The molecule has 0 spiro atoms. The normalized spacial score (nSPS) is 11.8. The van der Waals surface area contributed by atoms with E-state index in [4.69, 9.17) is 15.0 Å². The Kier molecular flexibility index (Phi) is 8.18. The Bertz CT molecular complexity index is 3910. The number of aromatic nitrogens is 4. The van der Waals surface area contributed by atoms with Gasteiger partial charge < -0.3 is 0 Å². The van der Waals surface area contributed by atoms with Gasteiger partial charge in [0, 0.05) is 34.6 Å². The molecule has 13 rings (SSSR count). The fourth-order valence-corrected chi connectivity index (χ4v) is 9.91. The Morgan fingerprint density at radius 1 is 0.250 bits per heavy atom. The Morgan fingerprint density at radius 3 is 1.28 bits per heavy atom. The second kappa shape index (κ2) is 14.5. The zero-order valence-corrected chi connectivity index (χ0v) is 34.6. The third-order valence-electron chi connectivity index (χ3n) is 12.9. The minimum absolute atomic E-state index is 0.615. The Morgan fingerprint density at radius 2 is 0.703 bits per heavy atom. The first-order valence-electron chi connectivity index (χ1n) is 21.7. The van der Waals surface area contributed by atoms with Crippen molar-refractivity contribution in [3.05, 3.63) is 219 Å². The van der Waals surface area contributed by atoms with Gasteiger partial charge in [0.05, 0.1) is 0 Å². The van der Waals surface area contributed by atoms with Crippen LogP contribution in [-0.4, -0.2) is 19.9 Å². The average Bonchev–Trinajstić information content (AvgIpc) is 3.37. The quantitative estimate of drug-likeness (QED) is 0.157. The molecule has 11 aromatic carbocycles. The first kappa shape index (κ1) is 36.1. The van der Waals surface area contributed by atoms with Gasteiger partial charge >= 0.3 is 0 Å². The lowest BCUT2D eigenvalue weighted by atomic mass is 9.86. The number of benzene rings is 10. The lowest BCUT2D eigenvalue weighted by molar-refractivity contribution is 1.07. The van der Waals surface area contributed by atoms with Crippen LogP contribution in [-0.2, 0) is 0 Å². The largest absolute Gasteiger partial charge is 0.264 e. The molecule has 0 saturated heterocycles. The Hall–Kier alpha value is -8.60. The van der Waals surface area contributed by atoms with Crippen molar-refractivity contribution in [1.29, 1.82) is 0 Å². The van der Waals surface area contributed by atoms with E-state index in [1.165, 1.54) is 75.8 Å². The summed E-state index contributed by atoms with van der Waals surface area (Å²) in [6.07, 6.45) is 3.66. The van der Waals surface area contributed by atoms with E-state index in [9.17, 15) is 0 Å². The van der Waals surface area contributed by atoms with Crippen molar-refractivity contribution in [2.24, 2.45) is 0 Å². The van der Waals surface area contributed by atoms with E-state index in [-0.39, 0.29) is 0 Å². The van der Waals surface area contributed by atoms with Crippen molar-refractivity contribution in [3.8, 4) is 67.5 Å². The third-order valence-corrected chi connectivity index (χ3v) is 12.9. The predicted octanol–water partition coefficient (Wildman–Crippen LogP) is 15.6. The average molecular weight is 813 g/mol. The van der Waals surface area contributed by atoms with Crippen LogP contribution in [0.3, 0.4) is 0 Å². The highest BCUT2D eigenvalue weighted by Crippen LogP contribution is 2.44. The number of rotatable bonds is 6. The summed E-state index contributed by atoms with van der Waals surface area (Å²) in [5.41, 5.74) is 9.43. The summed E-state index contributed by atoms with van der Waals surface area (Å²) < 4.78 is 0. The minimum atomic E-state index is 0.615. The van der Waals surface area contributed by atoms with Gasteiger partial charge in [-0.25, -0.2) is 15.0 Å². The van der Waals surface area contributed by atoms with Crippen LogP contribution in [0.1, 0.15) is 0 Å². The molecule has 0 N–H and O–H groups in total. The van der Waals surface area contributed by atoms with Gasteiger partial charge in [-0.1, -0.05) is 188 Å². The van der Waals surface area contributed by atoms with E-state index in [1.54, 1.807) is 6.20 Å². The molecule has 0 saturated carbocycles. The Balaban J connectivity index is 0.904. The topological polar surface area (TPSA) is 51.6 Å². The number of nitrogens with zero attached hydrogens (tertiary/aromatic N) is 4. The molecule has 0 aliphatic carbocycles. The highest BCUT2D eigenvalue weighted by molar-refractivity contribution is 6.37. The van der Waals surface area contributed by atoms with Gasteiger partial charge in [-0.3, -0.25) is 4.98 Å². The minimum Gasteiger partial charge on any atom is -0.264 e. The maximum atomic E-state index is 5.09. The fraction of sp³-hybridized carbons (Fsp3) is 0. The van der Waals surface area contributed by atoms with Crippen LogP contribution >= 0.6 is 0 Å². The predicted molar refractivity (Wildman–Crippen MR) is 266 cm³/mol. The Labute approximate surface area is 369 Å². The summed E-state index contributed by atoms with van der Waals surface area (Å²) in [5, 5.41) is 15.4. The van der Waals surface area contributed by atoms with E-state index in [2.05, 4.69) is 163 Å². The monoisotopic (exact) mass is 812 g/mol. The van der Waals surface area contributed by atoms with E-state index in [1.807, 2.05) is 54.7 Å². The van der Waals surface area contributed by atoms with Gasteiger partial charge in [0.25, 0.3) is 0 Å². The molecule has 13 aromatic rings. The van der Waals surface area contributed by atoms with E-state index < -0.39 is 0 Å². The van der Waals surface area contributed by atoms with Crippen molar-refractivity contribution in [2.45, 2.75) is 0 Å². The van der Waals surface area contributed by atoms with E-state index in [0.29, 0.717) is 17.5 Å². The molecule has 4 nitrogen and oxygen atoms in total. The van der Waals surface area contributed by atoms with Crippen LogP contribution in [0.25, 0.3) is 132 Å². The molecule has 4 heteroatoms. The first-order valence-corrected chi connectivity index (χ1v) is 21.7. The molecule has 0 amide bonds. The maximum Gasteiger partial charge on any atom is 0.164 e. The van der Waals surface area contributed by atoms with Crippen LogP contribution in [0.4, 0.5) is 0 Å². The molecule has 0 bridgehead atoms. The van der Waals surface area contributed by atoms with Crippen molar-refractivity contribution in [3.63, 3.8) is 0 Å². The van der Waals surface area contributed by atoms with Crippen molar-refractivity contribution in [2.75, 3.05) is 0 Å². The number of hydrogen-bond donors (Lipinski definition) is 0. The van der Waals surface area contributed by atoms with Gasteiger partial charge in [-0.15, -0.1) is 0 Å². The molecule has 2 heterocycles. The highest BCUT2D eigenvalue weighted by Gasteiger charge is 2.18. The van der Waals surface area contributed by atoms with Crippen LogP contribution < -0.4 is 0 Å². The van der Waals surface area contributed by atoms with Crippen LogP contribution in [0.2, 0.25) is 0 Å². The van der Waals surface area contributed by atoms with Crippen molar-refractivity contribution >= 4 is 64.6 Å². The molecular formula is C60H36N4. The fourth-order valence-electron chi connectivity index (χ4n) is 9.91. The van der Waals surface area contributed by atoms with Gasteiger partial charge in [-0.2, -0.15) is 0 Å². The van der Waals surface area contributed by atoms with Crippen LogP contribution in [0, 0.1) is 0 Å². The van der Waals surface area contributed by atoms with Crippen molar-refractivity contribution in [1.82, 2.24) is 19.9 Å². The maximum absolute atomic E-state index is 5.09. The molecule has 0 radical (unpaired) electrons. The molecule has 0 aliphatic rings. The zero-order valence-electron chi connectivity index (χ0n) is 34.6. The highest BCUT2D eigenvalue weighted by atomic mass is 15.0. The second-order valence-electron chi connectivity index (χ2n) is 16.6. The van der Waals surface area contributed by atoms with E-state index >= 15 is 0 Å². The molecule has 2 aromatic heterocycles. The standard InChI is InChI=1S/C60H36N4/c1-2-10-43(11-3-1)58-62-59(64-60(63-58)52-17-5-4-16-48(52)46-15-9-33-61-36-46)44-30-25-38(26-31-44)37-21-23-39(24-22-37)47-34-45-32-29-42-13-7-19-50-49-18-6-12-40-27-28-41-14-8-20-51(56(41)54(40)49)53(35-47)57(45)55(42)50/h1-36H. The van der Waals surface area contributed by atoms with E-state index in [0.717, 1.165) is 38.9 Å². The summed E-state index contributed by atoms with van der Waals surface area (Å²) in [5.74, 6) is 1.86. The van der Waals surface area contributed by atoms with Gasteiger partial charge in [0.1, 0.15) is 0 Å². The summed E-state index contributed by atoms with van der Waals surface area (Å²) >= 11 is 0. The van der Waals surface area contributed by atoms with Gasteiger partial charge in [-0.05, 0) is 111 Å². The SMILES string of the molecule is c1ccc(-c2nc(-c3ccc(-c4ccc(-c5cc6ccc7cccc8c9cccc%10ccc%11cccc(c(c5)c6c78)c%11c%109)cc4)cc3)nc(-c3ccccc3-c3cccnc3)n2)cc1. The summed E-state index contributed by atoms with van der Waals surface area (Å²) in [4.78, 5) is 19.5. The number of fused-ring (bicyclic) bond motifs is 2. The number of pyridine rings is 1. The molecule has 0 fully saturated rings. The molecule has 0 atom stereocenters. The van der Waals surface area contributed by atoms with Crippen molar-refractivity contribution < 1.29 is 0 Å². The van der Waals surface area contributed by atoms with Gasteiger partial charge in [0.15, 0.2) is 17.5 Å². The first-order chi connectivity index (χ1) is 31.7. The molecular weight excluding hydrogens is 777 g/mol. The van der Waals surface area contributed by atoms with Gasteiger partial charge in [0.2, 0.25) is 0 Å². The lowest BCUT2D eigenvalue weighted by Gasteiger charge is -2.17. The molecule has 0 unspecified atom stereocenters. The number of hydrogen-bond acceptors (Lipinski definition) is 4. The third kappa shape index (κ3) is 5.84. The molecule has 296 valence electrons. The summed E-state index contributed by atoms with van der Waals surface area (Å²) in [6, 6.07) is 74.1. The summed E-state index contributed by atoms with van der Waals surface area (Å²) in [7, 11) is 0. The summed E-state index contributed by atoms with van der Waals surface area (Å²) in [6.45, 7) is 0. The second-order valence-corrected chi connectivity index (χ2v) is 16.6. The van der Waals surface area contributed by atoms with Crippen LogP contribution in [0.5, 0.6) is 0 Å².